The van der Waals surface area contributed by atoms with Gasteiger partial charge in [0.2, 0.25) is 0 Å². The van der Waals surface area contributed by atoms with E-state index >= 15 is 0 Å². The average molecular weight is 651 g/mol. The topological polar surface area (TPSA) is 21.5 Å². The van der Waals surface area contributed by atoms with E-state index in [4.69, 9.17) is 9.47 Å². The molecule has 3 nitrogen and oxygen atoms in total. The highest BCUT2D eigenvalue weighted by Gasteiger charge is 2.30. The Kier molecular flexibility index (Phi) is 18.0. The normalized spacial score (nSPS) is 12.7. The molecule has 0 atom stereocenters. The Morgan fingerprint density at radius 2 is 1.31 bits per heavy atom. The van der Waals surface area contributed by atoms with Gasteiger partial charge in [-0.3, -0.25) is 0 Å². The van der Waals surface area contributed by atoms with Crippen molar-refractivity contribution in [3.63, 3.8) is 0 Å². The predicted octanol–water partition coefficient (Wildman–Crippen LogP) is 7.20. The largest absolute Gasteiger partial charge is 1.00 e. The summed E-state index contributed by atoms with van der Waals surface area (Å²) in [6.07, 6.45) is 20.3. The van der Waals surface area contributed by atoms with Crippen molar-refractivity contribution in [1.82, 2.24) is 0 Å². The van der Waals surface area contributed by atoms with Crippen LogP contribution in [0.3, 0.4) is 0 Å². The molecule has 0 aliphatic carbocycles. The van der Waals surface area contributed by atoms with E-state index in [1.165, 1.54) is 113 Å². The van der Waals surface area contributed by atoms with Crippen molar-refractivity contribution in [3.05, 3.63) is 58.7 Å². The van der Waals surface area contributed by atoms with E-state index in [0.29, 0.717) is 13.2 Å². The molecule has 0 radical (unpaired) electrons. The van der Waals surface area contributed by atoms with E-state index in [1.807, 2.05) is 6.07 Å². The lowest BCUT2D eigenvalue weighted by Crippen LogP contribution is -3.00. The minimum absolute atomic E-state index is 0. The van der Waals surface area contributed by atoms with Gasteiger partial charge < -0.3 is 26.5 Å². The van der Waals surface area contributed by atoms with Gasteiger partial charge in [0, 0.05) is 24.0 Å². The van der Waals surface area contributed by atoms with Crippen LogP contribution < -0.4 is 26.5 Å². The molecule has 0 spiro atoms. The molecule has 0 bridgehead atoms. The summed E-state index contributed by atoms with van der Waals surface area (Å²) in [5, 5.41) is 0. The van der Waals surface area contributed by atoms with E-state index in [0.717, 1.165) is 42.7 Å². The number of halogens is 3. The van der Waals surface area contributed by atoms with Crippen LogP contribution in [0, 0.1) is 11.6 Å². The number of hydrogen-bond acceptors (Lipinski definition) is 2. The van der Waals surface area contributed by atoms with E-state index in [1.54, 1.807) is 7.11 Å². The van der Waals surface area contributed by atoms with Gasteiger partial charge in [0.05, 0.1) is 19.3 Å². The lowest BCUT2D eigenvalue weighted by Gasteiger charge is -2.23. The molecule has 1 heterocycles. The van der Waals surface area contributed by atoms with Crippen LogP contribution in [-0.4, -0.2) is 30.5 Å². The lowest BCUT2D eigenvalue weighted by molar-refractivity contribution is -0.546. The molecular formula is C36H54BrF2NO2. The SMILES string of the molecule is CCCCCCCCCCCC1=[N+](Cc2c(F)cccc2F)CCc2c1ccc(OC)c2OCCCCCCCC.[Br-]. The van der Waals surface area contributed by atoms with Crippen molar-refractivity contribution in [3.8, 4) is 11.5 Å². The first kappa shape index (κ1) is 36.2. The minimum Gasteiger partial charge on any atom is -1.00 e. The Balaban J connectivity index is 0.00000616. The number of nitrogens with zero attached hydrogens (tertiary/aromatic N) is 1. The van der Waals surface area contributed by atoms with E-state index in [2.05, 4.69) is 24.5 Å². The standard InChI is InChI=1S/C36H54F2NO2.BrH/c1-4-6-8-10-12-13-14-15-17-22-34-29-23-24-35(40-3)36(41-27-18-16-11-9-7-5-2)30(29)25-26-39(34)28-31-32(37)20-19-21-33(31)38;/h19-21,23-24H,4-18,22,25-28H2,1-3H3;1H/q+1;/p-1. The predicted molar refractivity (Wildman–Crippen MR) is 167 cm³/mol. The summed E-state index contributed by atoms with van der Waals surface area (Å²) in [6.45, 7) is 6.12. The summed E-state index contributed by atoms with van der Waals surface area (Å²) in [5.41, 5.74) is 3.63. The highest BCUT2D eigenvalue weighted by Crippen LogP contribution is 2.37. The molecule has 0 unspecified atom stereocenters. The maximum absolute atomic E-state index is 14.7. The molecule has 2 aromatic rings. The van der Waals surface area contributed by atoms with Gasteiger partial charge in [0.15, 0.2) is 23.8 Å². The van der Waals surface area contributed by atoms with Gasteiger partial charge in [-0.1, -0.05) is 103 Å². The fourth-order valence-corrected chi connectivity index (χ4v) is 6.00. The Hall–Kier alpha value is -1.95. The van der Waals surface area contributed by atoms with E-state index in [9.17, 15) is 8.78 Å². The molecule has 0 N–H and O–H groups in total. The third kappa shape index (κ3) is 11.3. The molecule has 1 aliphatic heterocycles. The fraction of sp³-hybridized carbons (Fsp3) is 0.639. The van der Waals surface area contributed by atoms with Crippen LogP contribution in [0.4, 0.5) is 8.78 Å². The summed E-state index contributed by atoms with van der Waals surface area (Å²) in [7, 11) is 1.70. The Morgan fingerprint density at radius 3 is 1.90 bits per heavy atom. The van der Waals surface area contributed by atoms with Crippen molar-refractivity contribution in [2.75, 3.05) is 20.3 Å². The van der Waals surface area contributed by atoms with Crippen LogP contribution in [0.2, 0.25) is 0 Å². The first-order chi connectivity index (χ1) is 20.1. The van der Waals surface area contributed by atoms with Crippen molar-refractivity contribution < 1.29 is 39.8 Å². The Bertz CT molecular complexity index is 1070. The van der Waals surface area contributed by atoms with Gasteiger partial charge in [0.1, 0.15) is 18.2 Å². The second-order valence-corrected chi connectivity index (χ2v) is 11.6. The Labute approximate surface area is 264 Å². The van der Waals surface area contributed by atoms with Crippen molar-refractivity contribution in [2.24, 2.45) is 0 Å². The molecule has 0 saturated carbocycles. The van der Waals surface area contributed by atoms with Crippen LogP contribution in [0.1, 0.15) is 133 Å². The van der Waals surface area contributed by atoms with Gasteiger partial charge in [0.25, 0.3) is 0 Å². The molecule has 2 aromatic carbocycles. The quantitative estimate of drug-likeness (QED) is 0.105. The van der Waals surface area contributed by atoms with Gasteiger partial charge in [-0.15, -0.1) is 0 Å². The van der Waals surface area contributed by atoms with Gasteiger partial charge in [-0.25, -0.2) is 13.4 Å². The van der Waals surface area contributed by atoms with Crippen LogP contribution in [0.15, 0.2) is 30.3 Å². The minimum atomic E-state index is -0.476. The van der Waals surface area contributed by atoms with Crippen LogP contribution in [-0.2, 0) is 13.0 Å². The molecular weight excluding hydrogens is 596 g/mol. The van der Waals surface area contributed by atoms with Gasteiger partial charge >= 0.3 is 0 Å². The number of benzene rings is 2. The summed E-state index contributed by atoms with van der Waals surface area (Å²) < 4.78 is 43.6. The molecule has 42 heavy (non-hydrogen) atoms. The maximum Gasteiger partial charge on any atom is 0.184 e. The number of fused-ring (bicyclic) bond motifs is 1. The highest BCUT2D eigenvalue weighted by molar-refractivity contribution is 5.99. The first-order valence-electron chi connectivity index (χ1n) is 16.5. The molecule has 0 saturated heterocycles. The highest BCUT2D eigenvalue weighted by atomic mass is 79.9. The third-order valence-corrected chi connectivity index (χ3v) is 8.44. The second-order valence-electron chi connectivity index (χ2n) is 11.6. The number of ether oxygens (including phenoxy) is 2. The summed E-state index contributed by atoms with van der Waals surface area (Å²) >= 11 is 0. The first-order valence-corrected chi connectivity index (χ1v) is 16.5. The van der Waals surface area contributed by atoms with Crippen LogP contribution in [0.5, 0.6) is 11.5 Å². The third-order valence-electron chi connectivity index (χ3n) is 8.44. The zero-order valence-electron chi connectivity index (χ0n) is 26.4. The number of hydrogen-bond donors (Lipinski definition) is 0. The smallest absolute Gasteiger partial charge is 0.184 e. The van der Waals surface area contributed by atoms with Crippen molar-refractivity contribution >= 4 is 5.71 Å². The number of methoxy groups -OCH3 is 1. The number of unbranched alkanes of at least 4 members (excludes halogenated alkanes) is 13. The van der Waals surface area contributed by atoms with E-state index in [-0.39, 0.29) is 29.1 Å². The van der Waals surface area contributed by atoms with Crippen LogP contribution in [0.25, 0.3) is 0 Å². The Morgan fingerprint density at radius 1 is 0.738 bits per heavy atom. The molecule has 0 aromatic heterocycles. The van der Waals surface area contributed by atoms with Crippen molar-refractivity contribution in [1.29, 1.82) is 0 Å². The monoisotopic (exact) mass is 649 g/mol. The molecule has 6 heteroatoms. The van der Waals surface area contributed by atoms with Crippen molar-refractivity contribution in [2.45, 2.75) is 130 Å². The average Bonchev–Trinajstić information content (AvgIpc) is 2.98. The van der Waals surface area contributed by atoms with Crippen LogP contribution >= 0.6 is 0 Å². The lowest BCUT2D eigenvalue weighted by atomic mass is 9.91. The maximum atomic E-state index is 14.7. The molecule has 1 aliphatic rings. The summed E-state index contributed by atoms with van der Waals surface area (Å²) in [4.78, 5) is 0. The molecule has 236 valence electrons. The zero-order valence-corrected chi connectivity index (χ0v) is 28.0. The zero-order chi connectivity index (χ0) is 29.3. The number of rotatable bonds is 21. The fourth-order valence-electron chi connectivity index (χ4n) is 6.00. The van der Waals surface area contributed by atoms with E-state index < -0.39 is 11.6 Å². The molecule has 3 rings (SSSR count). The molecule has 0 amide bonds. The van der Waals surface area contributed by atoms with Gasteiger partial charge in [-0.2, -0.15) is 0 Å². The summed E-state index contributed by atoms with van der Waals surface area (Å²) in [5.74, 6) is 0.664. The molecule has 0 fully saturated rings. The second kappa shape index (κ2) is 20.9. The summed E-state index contributed by atoms with van der Waals surface area (Å²) in [6, 6.07) is 8.27. The van der Waals surface area contributed by atoms with Gasteiger partial charge in [-0.05, 0) is 37.1 Å².